The van der Waals surface area contributed by atoms with Crippen LogP contribution in [0.25, 0.3) is 0 Å². The van der Waals surface area contributed by atoms with Gasteiger partial charge in [-0.2, -0.15) is 0 Å². The molecule has 1 fully saturated rings. The molecule has 0 aliphatic carbocycles. The number of rotatable bonds is 8. The van der Waals surface area contributed by atoms with E-state index in [9.17, 15) is 4.39 Å². The molecule has 0 amide bonds. The van der Waals surface area contributed by atoms with E-state index in [0.29, 0.717) is 6.61 Å². The molecule has 4 nitrogen and oxygen atoms in total. The molecule has 0 N–H and O–H groups in total. The summed E-state index contributed by atoms with van der Waals surface area (Å²) < 4.78 is 24.4. The van der Waals surface area contributed by atoms with Gasteiger partial charge in [-0.15, -0.1) is 0 Å². The summed E-state index contributed by atoms with van der Waals surface area (Å²) in [5.74, 6) is 1.55. The van der Waals surface area contributed by atoms with Crippen molar-refractivity contribution in [3.05, 3.63) is 95.3 Å². The Morgan fingerprint density at radius 3 is 2.16 bits per heavy atom. The molecule has 0 unspecified atom stereocenters. The van der Waals surface area contributed by atoms with Gasteiger partial charge in [0.1, 0.15) is 17.3 Å². The molecule has 3 aromatic carbocycles. The van der Waals surface area contributed by atoms with Crippen LogP contribution in [-0.2, 0) is 13.1 Å². The van der Waals surface area contributed by atoms with Crippen LogP contribution in [0.15, 0.2) is 72.8 Å². The van der Waals surface area contributed by atoms with Crippen molar-refractivity contribution in [3.8, 4) is 11.5 Å². The number of nitrogens with zero attached hydrogens (tertiary/aromatic N) is 2. The van der Waals surface area contributed by atoms with Crippen molar-refractivity contribution in [2.24, 2.45) is 0 Å². The Labute approximate surface area is 183 Å². The molecule has 0 saturated carbocycles. The minimum Gasteiger partial charge on any atom is -0.497 e. The monoisotopic (exact) mass is 420 g/mol. The van der Waals surface area contributed by atoms with Crippen molar-refractivity contribution in [1.29, 1.82) is 0 Å². The second-order valence-corrected chi connectivity index (χ2v) is 7.79. The number of benzene rings is 3. The number of halogens is 1. The Morgan fingerprint density at radius 1 is 0.839 bits per heavy atom. The van der Waals surface area contributed by atoms with Gasteiger partial charge in [-0.25, -0.2) is 4.39 Å². The molecule has 5 heteroatoms. The molecule has 162 valence electrons. The molecule has 1 aliphatic heterocycles. The minimum atomic E-state index is -0.201. The van der Waals surface area contributed by atoms with Gasteiger partial charge in [-0.1, -0.05) is 36.4 Å². The second-order valence-electron chi connectivity index (χ2n) is 7.79. The molecule has 0 radical (unpaired) electrons. The van der Waals surface area contributed by atoms with Crippen molar-refractivity contribution >= 4 is 0 Å². The van der Waals surface area contributed by atoms with Gasteiger partial charge in [-0.3, -0.25) is 9.80 Å². The van der Waals surface area contributed by atoms with E-state index in [1.54, 1.807) is 7.11 Å². The first kappa shape index (κ1) is 21.3. The third-order valence-corrected chi connectivity index (χ3v) is 5.67. The molecular formula is C26H29FN2O2. The molecule has 4 rings (SSSR count). The Bertz CT molecular complexity index is 975. The van der Waals surface area contributed by atoms with Gasteiger partial charge >= 0.3 is 0 Å². The lowest BCUT2D eigenvalue weighted by Crippen LogP contribution is -2.30. The zero-order valence-electron chi connectivity index (χ0n) is 18.1. The maximum atomic E-state index is 13.4. The van der Waals surface area contributed by atoms with Gasteiger partial charge in [0.05, 0.1) is 19.9 Å². The predicted octanol–water partition coefficient (Wildman–Crippen LogP) is 5.25. The van der Waals surface area contributed by atoms with E-state index < -0.39 is 0 Å². The summed E-state index contributed by atoms with van der Waals surface area (Å²) in [4.78, 5) is 4.93. The molecule has 0 bridgehead atoms. The highest BCUT2D eigenvalue weighted by Gasteiger charge is 2.33. The average Bonchev–Trinajstić information content (AvgIpc) is 3.18. The van der Waals surface area contributed by atoms with Crippen LogP contribution in [0.5, 0.6) is 11.5 Å². The summed E-state index contributed by atoms with van der Waals surface area (Å²) in [7, 11) is 1.70. The van der Waals surface area contributed by atoms with E-state index in [1.165, 1.54) is 23.3 Å². The molecule has 1 heterocycles. The van der Waals surface area contributed by atoms with E-state index >= 15 is 0 Å². The average molecular weight is 421 g/mol. The lowest BCUT2D eigenvalue weighted by Gasteiger charge is -2.31. The van der Waals surface area contributed by atoms with Crippen molar-refractivity contribution in [3.63, 3.8) is 0 Å². The summed E-state index contributed by atoms with van der Waals surface area (Å²) in [5, 5.41) is 0. The van der Waals surface area contributed by atoms with Gasteiger partial charge in [0.25, 0.3) is 0 Å². The summed E-state index contributed by atoms with van der Waals surface area (Å²) in [6, 6.07) is 23.4. The first-order chi connectivity index (χ1) is 15.2. The van der Waals surface area contributed by atoms with Crippen LogP contribution in [0.2, 0.25) is 0 Å². The van der Waals surface area contributed by atoms with Crippen LogP contribution in [0, 0.1) is 5.82 Å². The summed E-state index contributed by atoms with van der Waals surface area (Å²) in [6.45, 7) is 6.14. The third-order valence-electron chi connectivity index (χ3n) is 5.67. The molecule has 3 aromatic rings. The first-order valence-electron chi connectivity index (χ1n) is 10.7. The number of ether oxygens (including phenoxy) is 2. The topological polar surface area (TPSA) is 24.9 Å². The Balaban J connectivity index is 1.59. The number of hydrogen-bond donors (Lipinski definition) is 0. The first-order valence-corrected chi connectivity index (χ1v) is 10.7. The van der Waals surface area contributed by atoms with Crippen LogP contribution in [-0.4, -0.2) is 36.6 Å². The van der Waals surface area contributed by atoms with Crippen LogP contribution < -0.4 is 9.47 Å². The lowest BCUT2D eigenvalue weighted by molar-refractivity contribution is 0.125. The number of methoxy groups -OCH3 is 1. The van der Waals surface area contributed by atoms with Gasteiger partial charge in [-0.05, 0) is 60.0 Å². The van der Waals surface area contributed by atoms with E-state index in [4.69, 9.17) is 9.47 Å². The smallest absolute Gasteiger partial charge is 0.123 e. The highest BCUT2D eigenvalue weighted by molar-refractivity contribution is 5.31. The highest BCUT2D eigenvalue weighted by atomic mass is 19.1. The largest absolute Gasteiger partial charge is 0.497 e. The molecule has 1 aliphatic rings. The van der Waals surface area contributed by atoms with E-state index in [-0.39, 0.29) is 12.0 Å². The zero-order chi connectivity index (χ0) is 21.6. The van der Waals surface area contributed by atoms with Crippen LogP contribution >= 0.6 is 0 Å². The predicted molar refractivity (Wildman–Crippen MR) is 121 cm³/mol. The molecule has 0 spiro atoms. The van der Waals surface area contributed by atoms with Crippen molar-refractivity contribution in [1.82, 2.24) is 9.80 Å². The zero-order valence-corrected chi connectivity index (χ0v) is 18.1. The molecule has 31 heavy (non-hydrogen) atoms. The Kier molecular flexibility index (Phi) is 6.85. The van der Waals surface area contributed by atoms with Crippen molar-refractivity contribution in [2.75, 3.05) is 26.8 Å². The fourth-order valence-corrected chi connectivity index (χ4v) is 4.22. The molecule has 1 atom stereocenters. The summed E-state index contributed by atoms with van der Waals surface area (Å²) in [5.41, 5.74) is 3.56. The summed E-state index contributed by atoms with van der Waals surface area (Å²) in [6.07, 6.45) is 0.131. The van der Waals surface area contributed by atoms with E-state index in [2.05, 4.69) is 34.1 Å². The fourth-order valence-electron chi connectivity index (χ4n) is 4.22. The van der Waals surface area contributed by atoms with Crippen LogP contribution in [0.3, 0.4) is 0 Å². The fraction of sp³-hybridized carbons (Fsp3) is 0.308. The standard InChI is InChI=1S/C26H29FN2O2/c1-3-31-24-13-9-22(10-14-24)26-28(18-20-7-11-23(27)12-8-20)15-16-29(26)19-21-5-4-6-25(17-21)30-2/h4-14,17,26H,3,15-16,18-19H2,1-2H3/t26-/m1/s1. The second kappa shape index (κ2) is 9.94. The van der Waals surface area contributed by atoms with Crippen molar-refractivity contribution in [2.45, 2.75) is 26.2 Å². The van der Waals surface area contributed by atoms with E-state index in [1.807, 2.05) is 43.3 Å². The Hall–Kier alpha value is -2.89. The summed E-state index contributed by atoms with van der Waals surface area (Å²) >= 11 is 0. The molecule has 1 saturated heterocycles. The Morgan fingerprint density at radius 2 is 1.52 bits per heavy atom. The van der Waals surface area contributed by atoms with Gasteiger partial charge in [0.2, 0.25) is 0 Å². The van der Waals surface area contributed by atoms with Gasteiger partial charge < -0.3 is 9.47 Å². The van der Waals surface area contributed by atoms with Crippen molar-refractivity contribution < 1.29 is 13.9 Å². The molecule has 0 aromatic heterocycles. The molecular weight excluding hydrogens is 391 g/mol. The third kappa shape index (κ3) is 5.24. The maximum Gasteiger partial charge on any atom is 0.123 e. The minimum absolute atomic E-state index is 0.131. The van der Waals surface area contributed by atoms with Crippen LogP contribution in [0.1, 0.15) is 29.8 Å². The maximum absolute atomic E-state index is 13.4. The quantitative estimate of drug-likeness (QED) is 0.497. The van der Waals surface area contributed by atoms with E-state index in [0.717, 1.165) is 43.2 Å². The van der Waals surface area contributed by atoms with Crippen LogP contribution in [0.4, 0.5) is 4.39 Å². The van der Waals surface area contributed by atoms with Gasteiger partial charge in [0.15, 0.2) is 0 Å². The normalized spacial score (nSPS) is 17.1. The lowest BCUT2D eigenvalue weighted by atomic mass is 10.1. The SMILES string of the molecule is CCOc1ccc([C@@H]2N(Cc3ccc(F)cc3)CCN2Cc2cccc(OC)c2)cc1. The van der Waals surface area contributed by atoms with Gasteiger partial charge in [0, 0.05) is 26.2 Å². The highest BCUT2D eigenvalue weighted by Crippen LogP contribution is 2.34. The number of hydrogen-bond acceptors (Lipinski definition) is 4.